The molecular weight excluding hydrogens is 272 g/mol. The number of Topliss-reactive ketones (excluding diaryl/α,β-unsaturated/α-hetero) is 1. The maximum atomic E-state index is 12.7. The Balaban J connectivity index is 1.61. The van der Waals surface area contributed by atoms with Gasteiger partial charge in [0.15, 0.2) is 5.78 Å². The summed E-state index contributed by atoms with van der Waals surface area (Å²) in [4.78, 5) is 24.5. The van der Waals surface area contributed by atoms with E-state index in [1.54, 1.807) is 5.57 Å². The van der Waals surface area contributed by atoms with Crippen molar-refractivity contribution in [3.8, 4) is 0 Å². The Morgan fingerprint density at radius 2 is 1.95 bits per heavy atom. The van der Waals surface area contributed by atoms with Crippen LogP contribution in [0.25, 0.3) is 0 Å². The summed E-state index contributed by atoms with van der Waals surface area (Å²) in [6, 6.07) is 0. The summed E-state index contributed by atoms with van der Waals surface area (Å²) in [5, 5.41) is 0. The molecule has 6 atom stereocenters. The lowest BCUT2D eigenvalue weighted by Gasteiger charge is -2.52. The van der Waals surface area contributed by atoms with Crippen molar-refractivity contribution in [3.05, 3.63) is 23.3 Å². The highest BCUT2D eigenvalue weighted by Crippen LogP contribution is 2.70. The molecule has 0 aromatic rings. The summed E-state index contributed by atoms with van der Waals surface area (Å²) in [5.41, 5.74) is 2.98. The second-order valence-corrected chi connectivity index (χ2v) is 8.79. The number of carbonyl (C=O) groups excluding carboxylic acids is 2. The van der Waals surface area contributed by atoms with Crippen molar-refractivity contribution < 1.29 is 9.59 Å². The Labute approximate surface area is 132 Å². The Morgan fingerprint density at radius 3 is 2.77 bits per heavy atom. The second-order valence-electron chi connectivity index (χ2n) is 8.79. The molecule has 22 heavy (non-hydrogen) atoms. The van der Waals surface area contributed by atoms with Gasteiger partial charge in [-0.1, -0.05) is 31.1 Å². The molecule has 0 N–H and O–H groups in total. The topological polar surface area (TPSA) is 34.1 Å². The van der Waals surface area contributed by atoms with Crippen LogP contribution >= 0.6 is 0 Å². The minimum atomic E-state index is -0.0795. The molecule has 0 aliphatic heterocycles. The zero-order valence-corrected chi connectivity index (χ0v) is 13.5. The van der Waals surface area contributed by atoms with Gasteiger partial charge in [-0.2, -0.15) is 0 Å². The first kappa shape index (κ1) is 13.3. The van der Waals surface area contributed by atoms with Gasteiger partial charge in [-0.25, -0.2) is 0 Å². The highest BCUT2D eigenvalue weighted by Gasteiger charge is 2.68. The van der Waals surface area contributed by atoms with Gasteiger partial charge in [0.1, 0.15) is 5.78 Å². The molecule has 0 aromatic heterocycles. The van der Waals surface area contributed by atoms with Crippen molar-refractivity contribution in [2.75, 3.05) is 0 Å². The normalized spacial score (nSPS) is 52.1. The standard InChI is InChI=1S/C20H24O2/c1-19-7-5-12(21)9-11(19)3-4-13-16(19)6-8-20(2)17(13)14-10-15(14)18(20)22/h6,9,13-15,17H,3-5,7-8,10H2,1-2H3/t13-,14-,15+,17-,19+,20+/m1/s1. The molecule has 0 radical (unpaired) electrons. The smallest absolute Gasteiger partial charge is 0.155 e. The second kappa shape index (κ2) is 3.83. The molecule has 5 aliphatic carbocycles. The van der Waals surface area contributed by atoms with E-state index in [0.29, 0.717) is 41.7 Å². The van der Waals surface area contributed by atoms with Crippen molar-refractivity contribution in [1.82, 2.24) is 0 Å². The van der Waals surface area contributed by atoms with Gasteiger partial charge in [0.2, 0.25) is 0 Å². The number of rotatable bonds is 0. The molecule has 116 valence electrons. The van der Waals surface area contributed by atoms with Gasteiger partial charge in [0.05, 0.1) is 0 Å². The van der Waals surface area contributed by atoms with Crippen LogP contribution in [0.1, 0.15) is 52.4 Å². The Kier molecular flexibility index (Phi) is 2.31. The van der Waals surface area contributed by atoms with Gasteiger partial charge in [-0.05, 0) is 55.9 Å². The summed E-state index contributed by atoms with van der Waals surface area (Å²) in [5.74, 6) is 3.11. The van der Waals surface area contributed by atoms with Gasteiger partial charge >= 0.3 is 0 Å². The molecule has 5 rings (SSSR count). The quantitative estimate of drug-likeness (QED) is 0.636. The summed E-state index contributed by atoms with van der Waals surface area (Å²) >= 11 is 0. The van der Waals surface area contributed by atoms with Gasteiger partial charge in [0.25, 0.3) is 0 Å². The van der Waals surface area contributed by atoms with Gasteiger partial charge < -0.3 is 0 Å². The molecule has 0 bridgehead atoms. The third-order valence-corrected chi connectivity index (χ3v) is 7.79. The highest BCUT2D eigenvalue weighted by atomic mass is 16.1. The van der Waals surface area contributed by atoms with Crippen molar-refractivity contribution in [2.45, 2.75) is 52.4 Å². The maximum Gasteiger partial charge on any atom is 0.155 e. The van der Waals surface area contributed by atoms with Crippen molar-refractivity contribution >= 4 is 11.6 Å². The van der Waals surface area contributed by atoms with Crippen LogP contribution in [0, 0.1) is 34.5 Å². The van der Waals surface area contributed by atoms with Gasteiger partial charge in [-0.15, -0.1) is 0 Å². The Bertz CT molecular complexity index is 669. The first-order chi connectivity index (χ1) is 10.4. The van der Waals surface area contributed by atoms with Crippen LogP contribution in [-0.2, 0) is 9.59 Å². The van der Waals surface area contributed by atoms with Crippen molar-refractivity contribution in [1.29, 1.82) is 0 Å². The lowest BCUT2D eigenvalue weighted by Crippen LogP contribution is -2.46. The fourth-order valence-corrected chi connectivity index (χ4v) is 6.54. The number of hydrogen-bond donors (Lipinski definition) is 0. The van der Waals surface area contributed by atoms with Crippen LogP contribution in [0.2, 0.25) is 0 Å². The van der Waals surface area contributed by atoms with Gasteiger partial charge in [-0.3, -0.25) is 9.59 Å². The van der Waals surface area contributed by atoms with Crippen LogP contribution in [-0.4, -0.2) is 11.6 Å². The largest absolute Gasteiger partial charge is 0.299 e. The van der Waals surface area contributed by atoms with E-state index in [1.807, 2.05) is 6.08 Å². The number of carbonyl (C=O) groups is 2. The predicted octanol–water partition coefficient (Wildman–Crippen LogP) is 3.86. The van der Waals surface area contributed by atoms with Crippen LogP contribution < -0.4 is 0 Å². The molecule has 3 saturated carbocycles. The van der Waals surface area contributed by atoms with Crippen LogP contribution in [0.5, 0.6) is 0 Å². The first-order valence-corrected chi connectivity index (χ1v) is 8.94. The Morgan fingerprint density at radius 1 is 1.14 bits per heavy atom. The van der Waals surface area contributed by atoms with Crippen molar-refractivity contribution in [2.24, 2.45) is 34.5 Å². The summed E-state index contributed by atoms with van der Waals surface area (Å²) in [7, 11) is 0. The molecule has 2 nitrogen and oxygen atoms in total. The van der Waals surface area contributed by atoms with E-state index in [-0.39, 0.29) is 10.8 Å². The molecule has 2 heteroatoms. The number of allylic oxidation sites excluding steroid dienone is 4. The maximum absolute atomic E-state index is 12.7. The predicted molar refractivity (Wildman–Crippen MR) is 84.1 cm³/mol. The SMILES string of the molecule is C[C@]12CCC(=O)C=C1CC[C@@H]1C2=CC[C@]2(C)C(=O)[C@H]3C[C@H]3[C@@H]12. The zero-order chi connectivity index (χ0) is 15.3. The van der Waals surface area contributed by atoms with E-state index in [9.17, 15) is 9.59 Å². The summed E-state index contributed by atoms with van der Waals surface area (Å²) in [6.45, 7) is 4.59. The molecule has 0 spiro atoms. The van der Waals surface area contributed by atoms with E-state index < -0.39 is 0 Å². The van der Waals surface area contributed by atoms with E-state index in [4.69, 9.17) is 0 Å². The van der Waals surface area contributed by atoms with Crippen LogP contribution in [0.3, 0.4) is 0 Å². The third kappa shape index (κ3) is 1.38. The van der Waals surface area contributed by atoms with Crippen LogP contribution in [0.4, 0.5) is 0 Å². The molecule has 3 fully saturated rings. The molecular formula is C20H24O2. The monoisotopic (exact) mass is 296 g/mol. The van der Waals surface area contributed by atoms with Gasteiger partial charge in [0, 0.05) is 23.2 Å². The lowest BCUT2D eigenvalue weighted by atomic mass is 9.51. The fraction of sp³-hybridized carbons (Fsp3) is 0.700. The number of hydrogen-bond acceptors (Lipinski definition) is 2. The molecule has 5 aliphatic rings. The number of fused-ring (bicyclic) bond motifs is 7. The van der Waals surface area contributed by atoms with Crippen LogP contribution in [0.15, 0.2) is 23.3 Å². The lowest BCUT2D eigenvalue weighted by molar-refractivity contribution is -0.130. The number of ketones is 2. The molecule has 0 amide bonds. The third-order valence-electron chi connectivity index (χ3n) is 7.79. The van der Waals surface area contributed by atoms with E-state index in [0.717, 1.165) is 32.1 Å². The van der Waals surface area contributed by atoms with E-state index in [1.165, 1.54) is 5.57 Å². The molecule has 0 saturated heterocycles. The zero-order valence-electron chi connectivity index (χ0n) is 13.5. The van der Waals surface area contributed by atoms with E-state index >= 15 is 0 Å². The molecule has 0 aromatic carbocycles. The Hall–Kier alpha value is -1.18. The highest BCUT2D eigenvalue weighted by molar-refractivity contribution is 5.94. The average molecular weight is 296 g/mol. The molecule has 0 unspecified atom stereocenters. The average Bonchev–Trinajstić information content (AvgIpc) is 3.22. The van der Waals surface area contributed by atoms with E-state index in [2.05, 4.69) is 19.9 Å². The first-order valence-electron chi connectivity index (χ1n) is 8.94. The molecule has 0 heterocycles. The summed E-state index contributed by atoms with van der Waals surface area (Å²) < 4.78 is 0. The minimum absolute atomic E-state index is 0.0795. The fourth-order valence-electron chi connectivity index (χ4n) is 6.54. The summed E-state index contributed by atoms with van der Waals surface area (Å²) in [6.07, 6.45) is 10.3. The minimum Gasteiger partial charge on any atom is -0.299 e. The van der Waals surface area contributed by atoms with Crippen molar-refractivity contribution in [3.63, 3.8) is 0 Å².